The monoisotopic (exact) mass is 205 g/mol. The highest BCUT2D eigenvalue weighted by atomic mass is 32.2. The van der Waals surface area contributed by atoms with E-state index in [-0.39, 0.29) is 6.61 Å². The van der Waals surface area contributed by atoms with Crippen molar-refractivity contribution < 1.29 is 9.84 Å². The average Bonchev–Trinajstić information content (AvgIpc) is 2.21. The van der Waals surface area contributed by atoms with Crippen molar-refractivity contribution in [1.82, 2.24) is 4.90 Å². The fourth-order valence-electron chi connectivity index (χ4n) is 1.59. The number of hydrogen-bond acceptors (Lipinski definition) is 4. The Morgan fingerprint density at radius 1 is 1.46 bits per heavy atom. The standard InChI is InChI=1S/C9H19NO2S/c1-13-7-2-9(8-11)10-3-5-12-6-4-10/h9,11H,2-8H2,1H3/t9-/m1/s1. The Labute approximate surface area is 84.4 Å². The molecule has 1 fully saturated rings. The number of morpholine rings is 1. The minimum atomic E-state index is 0.278. The van der Waals surface area contributed by atoms with Crippen LogP contribution in [0.1, 0.15) is 6.42 Å². The maximum atomic E-state index is 9.21. The van der Waals surface area contributed by atoms with Gasteiger partial charge in [0.25, 0.3) is 0 Å². The minimum absolute atomic E-state index is 0.278. The van der Waals surface area contributed by atoms with Gasteiger partial charge in [0.1, 0.15) is 0 Å². The van der Waals surface area contributed by atoms with Crippen LogP contribution < -0.4 is 0 Å². The number of hydrogen-bond donors (Lipinski definition) is 1. The molecular weight excluding hydrogens is 186 g/mol. The molecule has 1 aliphatic rings. The summed E-state index contributed by atoms with van der Waals surface area (Å²) < 4.78 is 5.27. The largest absolute Gasteiger partial charge is 0.395 e. The van der Waals surface area contributed by atoms with Crippen molar-refractivity contribution in [3.8, 4) is 0 Å². The first-order valence-electron chi connectivity index (χ1n) is 4.80. The Morgan fingerprint density at radius 2 is 2.15 bits per heavy atom. The quantitative estimate of drug-likeness (QED) is 0.705. The second-order valence-electron chi connectivity index (χ2n) is 3.27. The van der Waals surface area contributed by atoms with Crippen LogP contribution in [-0.2, 0) is 4.74 Å². The van der Waals surface area contributed by atoms with E-state index in [0.29, 0.717) is 6.04 Å². The molecule has 1 atom stereocenters. The minimum Gasteiger partial charge on any atom is -0.395 e. The molecule has 0 aromatic rings. The maximum Gasteiger partial charge on any atom is 0.0594 e. The summed E-state index contributed by atoms with van der Waals surface area (Å²) in [5, 5.41) is 9.21. The number of rotatable bonds is 5. The van der Waals surface area contributed by atoms with Crippen molar-refractivity contribution in [3.05, 3.63) is 0 Å². The first kappa shape index (κ1) is 11.3. The zero-order valence-corrected chi connectivity index (χ0v) is 9.05. The van der Waals surface area contributed by atoms with E-state index in [1.807, 2.05) is 11.8 Å². The predicted molar refractivity (Wildman–Crippen MR) is 56.3 cm³/mol. The van der Waals surface area contributed by atoms with Gasteiger partial charge in [0.15, 0.2) is 0 Å². The molecular formula is C9H19NO2S. The summed E-state index contributed by atoms with van der Waals surface area (Å²) in [4.78, 5) is 2.33. The Morgan fingerprint density at radius 3 is 2.69 bits per heavy atom. The molecule has 1 rings (SSSR count). The molecule has 0 spiro atoms. The van der Waals surface area contributed by atoms with Crippen molar-refractivity contribution in [1.29, 1.82) is 0 Å². The summed E-state index contributed by atoms with van der Waals surface area (Å²) in [6.45, 7) is 3.85. The summed E-state index contributed by atoms with van der Waals surface area (Å²) in [5.74, 6) is 1.13. The van der Waals surface area contributed by atoms with Gasteiger partial charge in [0.05, 0.1) is 19.8 Å². The van der Waals surface area contributed by atoms with Gasteiger partial charge in [-0.3, -0.25) is 4.90 Å². The molecule has 0 aromatic heterocycles. The molecule has 1 aliphatic heterocycles. The number of aliphatic hydroxyl groups excluding tert-OH is 1. The SMILES string of the molecule is CSCC[C@H](CO)N1CCOCC1. The summed E-state index contributed by atoms with van der Waals surface area (Å²) in [7, 11) is 0. The highest BCUT2D eigenvalue weighted by Crippen LogP contribution is 2.09. The van der Waals surface area contributed by atoms with Gasteiger partial charge < -0.3 is 9.84 Å². The number of ether oxygens (including phenoxy) is 1. The normalized spacial score (nSPS) is 21.7. The van der Waals surface area contributed by atoms with Crippen LogP contribution in [0.4, 0.5) is 0 Å². The lowest BCUT2D eigenvalue weighted by Gasteiger charge is -2.33. The molecule has 0 saturated carbocycles. The highest BCUT2D eigenvalue weighted by molar-refractivity contribution is 7.98. The third kappa shape index (κ3) is 3.85. The lowest BCUT2D eigenvalue weighted by molar-refractivity contribution is 0.00271. The number of thioether (sulfide) groups is 1. The number of nitrogens with zero attached hydrogens (tertiary/aromatic N) is 1. The van der Waals surface area contributed by atoms with Crippen molar-refractivity contribution in [3.63, 3.8) is 0 Å². The second kappa shape index (κ2) is 6.65. The summed E-state index contributed by atoms with van der Waals surface area (Å²) in [6, 6.07) is 0.344. The molecule has 1 N–H and O–H groups in total. The van der Waals surface area contributed by atoms with Crippen LogP contribution in [0.2, 0.25) is 0 Å². The van der Waals surface area contributed by atoms with Crippen molar-refractivity contribution in [2.75, 3.05) is 44.9 Å². The van der Waals surface area contributed by atoms with Crippen LogP contribution >= 0.6 is 11.8 Å². The molecule has 0 amide bonds. The van der Waals surface area contributed by atoms with Gasteiger partial charge in [-0.15, -0.1) is 0 Å². The van der Waals surface area contributed by atoms with E-state index in [2.05, 4.69) is 11.2 Å². The van der Waals surface area contributed by atoms with Crippen LogP contribution in [0, 0.1) is 0 Å². The molecule has 78 valence electrons. The van der Waals surface area contributed by atoms with Crippen LogP contribution in [0.15, 0.2) is 0 Å². The Kier molecular flexibility index (Phi) is 5.78. The molecule has 0 aromatic carbocycles. The Hall–Kier alpha value is 0.230. The van der Waals surface area contributed by atoms with Gasteiger partial charge in [-0.05, 0) is 18.4 Å². The van der Waals surface area contributed by atoms with Crippen LogP contribution in [0.3, 0.4) is 0 Å². The van der Waals surface area contributed by atoms with Gasteiger partial charge in [-0.1, -0.05) is 0 Å². The van der Waals surface area contributed by atoms with E-state index in [9.17, 15) is 5.11 Å². The van der Waals surface area contributed by atoms with E-state index in [4.69, 9.17) is 4.74 Å². The Balaban J connectivity index is 2.26. The van der Waals surface area contributed by atoms with Gasteiger partial charge in [-0.2, -0.15) is 11.8 Å². The average molecular weight is 205 g/mol. The predicted octanol–water partition coefficient (Wildman–Crippen LogP) is 0.433. The van der Waals surface area contributed by atoms with E-state index in [1.54, 1.807) is 0 Å². The highest BCUT2D eigenvalue weighted by Gasteiger charge is 2.19. The molecule has 1 heterocycles. The second-order valence-corrected chi connectivity index (χ2v) is 4.25. The molecule has 0 aliphatic carbocycles. The first-order valence-corrected chi connectivity index (χ1v) is 6.19. The molecule has 0 radical (unpaired) electrons. The summed E-state index contributed by atoms with van der Waals surface area (Å²) in [5.41, 5.74) is 0. The fourth-order valence-corrected chi connectivity index (χ4v) is 2.09. The molecule has 4 heteroatoms. The van der Waals surface area contributed by atoms with Crippen molar-refractivity contribution >= 4 is 11.8 Å². The fraction of sp³-hybridized carbons (Fsp3) is 1.00. The molecule has 1 saturated heterocycles. The van der Waals surface area contributed by atoms with Crippen molar-refractivity contribution in [2.24, 2.45) is 0 Å². The van der Waals surface area contributed by atoms with Gasteiger partial charge >= 0.3 is 0 Å². The first-order chi connectivity index (χ1) is 6.38. The molecule has 0 unspecified atom stereocenters. The van der Waals surface area contributed by atoms with E-state index >= 15 is 0 Å². The Bertz CT molecular complexity index is 129. The van der Waals surface area contributed by atoms with Crippen LogP contribution in [-0.4, -0.2) is 61.0 Å². The third-order valence-corrected chi connectivity index (χ3v) is 3.07. The number of aliphatic hydroxyl groups is 1. The van der Waals surface area contributed by atoms with Gasteiger partial charge in [0.2, 0.25) is 0 Å². The van der Waals surface area contributed by atoms with Crippen LogP contribution in [0.25, 0.3) is 0 Å². The van der Waals surface area contributed by atoms with Gasteiger partial charge in [0, 0.05) is 19.1 Å². The maximum absolute atomic E-state index is 9.21. The summed E-state index contributed by atoms with van der Waals surface area (Å²) >= 11 is 1.84. The van der Waals surface area contributed by atoms with Crippen LogP contribution in [0.5, 0.6) is 0 Å². The van der Waals surface area contributed by atoms with Gasteiger partial charge in [-0.25, -0.2) is 0 Å². The molecule has 13 heavy (non-hydrogen) atoms. The smallest absolute Gasteiger partial charge is 0.0594 e. The topological polar surface area (TPSA) is 32.7 Å². The van der Waals surface area contributed by atoms with E-state index < -0.39 is 0 Å². The zero-order chi connectivity index (χ0) is 9.52. The zero-order valence-electron chi connectivity index (χ0n) is 8.24. The molecule has 0 bridgehead atoms. The lowest BCUT2D eigenvalue weighted by Crippen LogP contribution is -2.45. The molecule has 3 nitrogen and oxygen atoms in total. The summed E-state index contributed by atoms with van der Waals surface area (Å²) in [6.07, 6.45) is 3.19. The van der Waals surface area contributed by atoms with Crippen molar-refractivity contribution in [2.45, 2.75) is 12.5 Å². The lowest BCUT2D eigenvalue weighted by atomic mass is 10.2. The van der Waals surface area contributed by atoms with E-state index in [0.717, 1.165) is 38.5 Å². The van der Waals surface area contributed by atoms with E-state index in [1.165, 1.54) is 0 Å². The third-order valence-electron chi connectivity index (χ3n) is 2.43.